The van der Waals surface area contributed by atoms with Gasteiger partial charge in [-0.2, -0.15) is 0 Å². The Morgan fingerprint density at radius 3 is 1.92 bits per heavy atom. The van der Waals surface area contributed by atoms with Crippen LogP contribution in [0.25, 0.3) is 0 Å². The number of halogens is 2. The normalized spacial score (nSPS) is 25.6. The van der Waals surface area contributed by atoms with E-state index in [1.54, 1.807) is 24.3 Å². The molecule has 3 atom stereocenters. The van der Waals surface area contributed by atoms with Gasteiger partial charge in [0.25, 0.3) is 0 Å². The van der Waals surface area contributed by atoms with Crippen molar-refractivity contribution < 1.29 is 23.4 Å². The lowest BCUT2D eigenvalue weighted by molar-refractivity contribution is -0.145. The number of carbonyl (C=O) groups is 1. The summed E-state index contributed by atoms with van der Waals surface area (Å²) in [5, 5.41) is 18.9. The summed E-state index contributed by atoms with van der Waals surface area (Å²) < 4.78 is 26.0. The predicted octanol–water partition coefficient (Wildman–Crippen LogP) is 3.00. The average Bonchev–Trinajstić information content (AvgIpc) is 3.27. The van der Waals surface area contributed by atoms with Gasteiger partial charge in [0.1, 0.15) is 5.41 Å². The molecule has 0 radical (unpaired) electrons. The van der Waals surface area contributed by atoms with Crippen LogP contribution in [0.5, 0.6) is 0 Å². The Kier molecular flexibility index (Phi) is 4.58. The number of aliphatic carboxylic acids is 1. The molecule has 0 bridgehead atoms. The number of benzene rings is 2. The number of aliphatic hydroxyl groups is 1. The molecule has 0 saturated heterocycles. The van der Waals surface area contributed by atoms with E-state index in [1.807, 2.05) is 0 Å². The van der Waals surface area contributed by atoms with Crippen LogP contribution in [0.2, 0.25) is 10.0 Å². The molecule has 0 spiro atoms. The minimum Gasteiger partial charge on any atom is -0.481 e. The molecular formula is C17H14Cl2O5S. The van der Waals surface area contributed by atoms with Crippen LogP contribution in [0.4, 0.5) is 0 Å². The van der Waals surface area contributed by atoms with E-state index in [0.717, 1.165) is 0 Å². The zero-order chi connectivity index (χ0) is 18.4. The zero-order valence-electron chi connectivity index (χ0n) is 12.8. The lowest BCUT2D eigenvalue weighted by Crippen LogP contribution is -2.27. The average molecular weight is 401 g/mol. The fourth-order valence-electron chi connectivity index (χ4n) is 3.28. The number of aliphatic hydroxyl groups excluding tert-OH is 1. The molecule has 132 valence electrons. The number of rotatable bonds is 5. The van der Waals surface area contributed by atoms with Crippen LogP contribution in [-0.2, 0) is 14.6 Å². The zero-order valence-corrected chi connectivity index (χ0v) is 15.1. The van der Waals surface area contributed by atoms with Crippen LogP contribution in [0, 0.1) is 5.41 Å². The van der Waals surface area contributed by atoms with Crippen LogP contribution in [0.15, 0.2) is 53.4 Å². The molecule has 2 N–H and O–H groups in total. The molecule has 0 amide bonds. The lowest BCUT2D eigenvalue weighted by atomic mass is 10.0. The summed E-state index contributed by atoms with van der Waals surface area (Å²) in [6.45, 7) is -0.785. The second kappa shape index (κ2) is 6.29. The predicted molar refractivity (Wildman–Crippen MR) is 93.8 cm³/mol. The first kappa shape index (κ1) is 18.2. The van der Waals surface area contributed by atoms with Crippen molar-refractivity contribution in [2.45, 2.75) is 16.1 Å². The van der Waals surface area contributed by atoms with Crippen molar-refractivity contribution in [1.82, 2.24) is 0 Å². The highest BCUT2D eigenvalue weighted by atomic mass is 35.5. The van der Waals surface area contributed by atoms with E-state index in [-0.39, 0.29) is 4.90 Å². The SMILES string of the molecule is O=C(O)[C@]1(CO)[C@H](c2ccc(Cl)cc2)[C@@H]1S(=O)(=O)c1ccc(Cl)cc1. The van der Waals surface area contributed by atoms with E-state index in [2.05, 4.69) is 0 Å². The molecule has 8 heteroatoms. The van der Waals surface area contributed by atoms with Crippen molar-refractivity contribution in [3.63, 3.8) is 0 Å². The largest absolute Gasteiger partial charge is 0.481 e. The number of carboxylic acid groups (broad SMARTS) is 1. The molecule has 0 aromatic heterocycles. The molecule has 1 fully saturated rings. The summed E-state index contributed by atoms with van der Waals surface area (Å²) in [5.74, 6) is -2.22. The topological polar surface area (TPSA) is 91.7 Å². The monoisotopic (exact) mass is 400 g/mol. The number of carboxylic acids is 1. The Bertz CT molecular complexity index is 909. The molecule has 5 nitrogen and oxygen atoms in total. The van der Waals surface area contributed by atoms with Crippen molar-refractivity contribution in [2.24, 2.45) is 5.41 Å². The van der Waals surface area contributed by atoms with Crippen molar-refractivity contribution in [2.75, 3.05) is 6.61 Å². The summed E-state index contributed by atoms with van der Waals surface area (Å²) in [5.41, 5.74) is -1.28. The highest BCUT2D eigenvalue weighted by molar-refractivity contribution is 7.92. The number of hydrogen-bond acceptors (Lipinski definition) is 4. The van der Waals surface area contributed by atoms with Crippen LogP contribution in [-0.4, -0.2) is 36.5 Å². The number of hydrogen-bond donors (Lipinski definition) is 2. The Labute approximate surface area is 154 Å². The molecule has 2 aromatic carbocycles. The van der Waals surface area contributed by atoms with E-state index in [9.17, 15) is 23.4 Å². The van der Waals surface area contributed by atoms with Gasteiger partial charge in [0, 0.05) is 16.0 Å². The van der Waals surface area contributed by atoms with Crippen LogP contribution >= 0.6 is 23.2 Å². The molecule has 25 heavy (non-hydrogen) atoms. The van der Waals surface area contributed by atoms with E-state index in [1.165, 1.54) is 24.3 Å². The standard InChI is InChI=1S/C17H14Cl2O5S/c18-11-3-1-10(2-4-11)14-15(17(14,9-20)16(21)22)25(23,24)13-7-5-12(19)6-8-13/h1-8,14-15,20H,9H2,(H,21,22)/t14-,15+,17-/m1/s1. The van der Waals surface area contributed by atoms with Gasteiger partial charge in [-0.25, -0.2) is 8.42 Å². The molecule has 0 unspecified atom stereocenters. The second-order valence-corrected chi connectivity index (χ2v) is 8.89. The summed E-state index contributed by atoms with van der Waals surface area (Å²) in [4.78, 5) is 11.8. The molecule has 1 aliphatic carbocycles. The maximum Gasteiger partial charge on any atom is 0.314 e. The summed E-state index contributed by atoms with van der Waals surface area (Å²) >= 11 is 11.6. The van der Waals surface area contributed by atoms with Gasteiger partial charge < -0.3 is 10.2 Å². The lowest BCUT2D eigenvalue weighted by Gasteiger charge is -2.09. The van der Waals surface area contributed by atoms with Crippen molar-refractivity contribution in [3.8, 4) is 0 Å². The molecule has 1 saturated carbocycles. The second-order valence-electron chi connectivity index (χ2n) is 5.95. The van der Waals surface area contributed by atoms with Gasteiger partial charge in [-0.3, -0.25) is 4.79 Å². The quantitative estimate of drug-likeness (QED) is 0.804. The Morgan fingerprint density at radius 1 is 1.00 bits per heavy atom. The van der Waals surface area contributed by atoms with Gasteiger partial charge in [-0.15, -0.1) is 0 Å². The van der Waals surface area contributed by atoms with Gasteiger partial charge in [0.05, 0.1) is 16.8 Å². The van der Waals surface area contributed by atoms with Gasteiger partial charge in [-0.1, -0.05) is 35.3 Å². The first-order valence-electron chi connectivity index (χ1n) is 7.34. The number of sulfone groups is 1. The smallest absolute Gasteiger partial charge is 0.314 e. The van der Waals surface area contributed by atoms with Crippen LogP contribution in [0.1, 0.15) is 11.5 Å². The van der Waals surface area contributed by atoms with E-state index in [4.69, 9.17) is 23.2 Å². The summed E-state index contributed by atoms with van der Waals surface area (Å²) in [6, 6.07) is 11.8. The minimum absolute atomic E-state index is 0.0301. The Hall–Kier alpha value is -1.60. The van der Waals surface area contributed by atoms with Crippen molar-refractivity contribution in [3.05, 3.63) is 64.1 Å². The highest BCUT2D eigenvalue weighted by Gasteiger charge is 2.75. The summed E-state index contributed by atoms with van der Waals surface area (Å²) in [6.07, 6.45) is 0. The minimum atomic E-state index is -3.99. The van der Waals surface area contributed by atoms with E-state index >= 15 is 0 Å². The third-order valence-electron chi connectivity index (χ3n) is 4.62. The fraction of sp³-hybridized carbons (Fsp3) is 0.235. The molecule has 1 aliphatic rings. The molecule has 0 aliphatic heterocycles. The molecule has 3 rings (SSSR count). The van der Waals surface area contributed by atoms with Gasteiger partial charge in [0.15, 0.2) is 9.84 Å². The molecule has 0 heterocycles. The fourth-order valence-corrected chi connectivity index (χ4v) is 5.90. The van der Waals surface area contributed by atoms with E-state index in [0.29, 0.717) is 15.6 Å². The summed E-state index contributed by atoms with van der Waals surface area (Å²) in [7, 11) is -3.99. The third-order valence-corrected chi connectivity index (χ3v) is 7.42. The highest BCUT2D eigenvalue weighted by Crippen LogP contribution is 2.64. The van der Waals surface area contributed by atoms with Crippen molar-refractivity contribution in [1.29, 1.82) is 0 Å². The van der Waals surface area contributed by atoms with E-state index < -0.39 is 39.0 Å². The first-order valence-corrected chi connectivity index (χ1v) is 9.64. The molecule has 2 aromatic rings. The van der Waals surface area contributed by atoms with Gasteiger partial charge in [-0.05, 0) is 42.0 Å². The third kappa shape index (κ3) is 2.83. The molecular weight excluding hydrogens is 387 g/mol. The van der Waals surface area contributed by atoms with Crippen molar-refractivity contribution >= 4 is 39.0 Å². The van der Waals surface area contributed by atoms with Gasteiger partial charge in [0.2, 0.25) is 0 Å². The maximum absolute atomic E-state index is 13.0. The Balaban J connectivity index is 2.10. The maximum atomic E-state index is 13.0. The van der Waals surface area contributed by atoms with Crippen LogP contribution in [0.3, 0.4) is 0 Å². The van der Waals surface area contributed by atoms with Crippen LogP contribution < -0.4 is 0 Å². The first-order chi connectivity index (χ1) is 11.7. The Morgan fingerprint density at radius 2 is 1.48 bits per heavy atom. The van der Waals surface area contributed by atoms with Gasteiger partial charge >= 0.3 is 5.97 Å².